The Bertz CT molecular complexity index is 1250. The van der Waals surface area contributed by atoms with Crippen molar-refractivity contribution in [3.05, 3.63) is 72.1 Å². The van der Waals surface area contributed by atoms with Crippen molar-refractivity contribution < 1.29 is 23.1 Å². The highest BCUT2D eigenvalue weighted by Gasteiger charge is 2.38. The summed E-state index contributed by atoms with van der Waals surface area (Å²) < 4.78 is 35.7. The van der Waals surface area contributed by atoms with Crippen molar-refractivity contribution in [1.82, 2.24) is 29.0 Å². The van der Waals surface area contributed by atoms with Gasteiger partial charge in [-0.25, -0.2) is 9.78 Å². The molecule has 0 radical (unpaired) electrons. The highest BCUT2D eigenvalue weighted by Crippen LogP contribution is 2.31. The quantitative estimate of drug-likeness (QED) is 0.505. The van der Waals surface area contributed by atoms with Gasteiger partial charge >= 0.3 is 12.1 Å². The molecular weight excluding hydrogens is 437 g/mol. The zero-order chi connectivity index (χ0) is 23.6. The largest absolute Gasteiger partial charge is 0.490 e. The Hall–Kier alpha value is -3.73. The normalized spacial score (nSPS) is 13.6. The maximum Gasteiger partial charge on any atom is 0.490 e. The molecule has 8 nitrogen and oxygen atoms in total. The standard InChI is InChI=1S/C20H20N6.C2HF3O2/c1-24-19(6-9-22-24)16-5-8-21-18-14-25(13-17(16)18)11-7-15-12-26-10-3-2-4-20(26)23-15;3-2(4,5)1(6)7/h2-6,8-10,12H,7,11,13-14H2,1H3;(H,6,7). The molecule has 0 aromatic carbocycles. The number of nitrogens with zero attached hydrogens (tertiary/aromatic N) is 6. The fourth-order valence-electron chi connectivity index (χ4n) is 3.76. The molecule has 0 saturated carbocycles. The topological polar surface area (TPSA) is 88.5 Å². The Kier molecular flexibility index (Phi) is 6.14. The lowest BCUT2D eigenvalue weighted by Gasteiger charge is -2.13. The van der Waals surface area contributed by atoms with Crippen molar-refractivity contribution in [3.63, 3.8) is 0 Å². The van der Waals surface area contributed by atoms with E-state index >= 15 is 0 Å². The third-order valence-corrected chi connectivity index (χ3v) is 5.34. The molecule has 33 heavy (non-hydrogen) atoms. The van der Waals surface area contributed by atoms with Gasteiger partial charge in [0.25, 0.3) is 0 Å². The predicted octanol–water partition coefficient (Wildman–Crippen LogP) is 3.32. The van der Waals surface area contributed by atoms with Crippen LogP contribution in [-0.2, 0) is 31.4 Å². The molecule has 0 fully saturated rings. The van der Waals surface area contributed by atoms with Crippen molar-refractivity contribution in [3.8, 4) is 11.3 Å². The van der Waals surface area contributed by atoms with E-state index in [1.807, 2.05) is 48.5 Å². The molecule has 0 aliphatic carbocycles. The molecule has 172 valence electrons. The minimum Gasteiger partial charge on any atom is -0.475 e. The van der Waals surface area contributed by atoms with Gasteiger partial charge in [0.1, 0.15) is 5.65 Å². The number of alkyl halides is 3. The van der Waals surface area contributed by atoms with E-state index in [2.05, 4.69) is 37.7 Å². The molecule has 5 heterocycles. The number of imidazole rings is 1. The molecular formula is C22H21F3N6O2. The van der Waals surface area contributed by atoms with Crippen molar-refractivity contribution in [1.29, 1.82) is 0 Å². The first-order chi connectivity index (χ1) is 15.7. The molecule has 0 saturated heterocycles. The number of hydrogen-bond acceptors (Lipinski definition) is 5. The highest BCUT2D eigenvalue weighted by atomic mass is 19.4. The summed E-state index contributed by atoms with van der Waals surface area (Å²) in [4.78, 5) is 20.7. The first-order valence-electron chi connectivity index (χ1n) is 10.1. The van der Waals surface area contributed by atoms with E-state index in [-0.39, 0.29) is 0 Å². The molecule has 0 bridgehead atoms. The number of aliphatic carboxylic acids is 1. The van der Waals surface area contributed by atoms with Crippen molar-refractivity contribution in [2.45, 2.75) is 25.7 Å². The lowest BCUT2D eigenvalue weighted by molar-refractivity contribution is -0.192. The Balaban J connectivity index is 0.000000325. The van der Waals surface area contributed by atoms with Crippen LogP contribution in [0.4, 0.5) is 13.2 Å². The average molecular weight is 458 g/mol. The van der Waals surface area contributed by atoms with Crippen molar-refractivity contribution in [2.24, 2.45) is 7.05 Å². The van der Waals surface area contributed by atoms with Crippen LogP contribution in [0.5, 0.6) is 0 Å². The smallest absolute Gasteiger partial charge is 0.475 e. The summed E-state index contributed by atoms with van der Waals surface area (Å²) in [5.41, 5.74) is 7.03. The average Bonchev–Trinajstić information content (AvgIpc) is 3.48. The van der Waals surface area contributed by atoms with E-state index in [1.54, 1.807) is 0 Å². The fraction of sp³-hybridized carbons (Fsp3) is 0.273. The maximum atomic E-state index is 10.6. The highest BCUT2D eigenvalue weighted by molar-refractivity contribution is 5.73. The molecule has 1 N–H and O–H groups in total. The Morgan fingerprint density at radius 3 is 2.61 bits per heavy atom. The van der Waals surface area contributed by atoms with Gasteiger partial charge in [-0.15, -0.1) is 0 Å². The maximum absolute atomic E-state index is 10.6. The van der Waals surface area contributed by atoms with Crippen LogP contribution in [0.2, 0.25) is 0 Å². The third kappa shape index (κ3) is 5.03. The van der Waals surface area contributed by atoms with E-state index in [0.29, 0.717) is 0 Å². The van der Waals surface area contributed by atoms with Gasteiger partial charge in [-0.3, -0.25) is 14.6 Å². The summed E-state index contributed by atoms with van der Waals surface area (Å²) in [6, 6.07) is 10.3. The summed E-state index contributed by atoms with van der Waals surface area (Å²) in [5, 5.41) is 11.4. The van der Waals surface area contributed by atoms with Gasteiger partial charge in [-0.2, -0.15) is 18.3 Å². The zero-order valence-corrected chi connectivity index (χ0v) is 17.7. The fourth-order valence-corrected chi connectivity index (χ4v) is 3.76. The van der Waals surface area contributed by atoms with Crippen LogP contribution < -0.4 is 0 Å². The van der Waals surface area contributed by atoms with Gasteiger partial charge in [-0.05, 0) is 29.8 Å². The molecule has 5 rings (SSSR count). The molecule has 0 spiro atoms. The van der Waals surface area contributed by atoms with Gasteiger partial charge in [0.2, 0.25) is 0 Å². The number of aryl methyl sites for hydroxylation is 1. The first kappa shape index (κ1) is 22.5. The van der Waals surface area contributed by atoms with Gasteiger partial charge in [0, 0.05) is 63.5 Å². The number of pyridine rings is 2. The number of carbonyl (C=O) groups is 1. The molecule has 11 heteroatoms. The molecule has 0 amide bonds. The van der Waals surface area contributed by atoms with E-state index in [0.717, 1.165) is 43.1 Å². The Morgan fingerprint density at radius 1 is 1.15 bits per heavy atom. The van der Waals surface area contributed by atoms with Crippen LogP contribution in [-0.4, -0.2) is 52.8 Å². The number of aromatic nitrogens is 5. The second-order valence-electron chi connectivity index (χ2n) is 7.59. The number of carboxylic acids is 1. The number of rotatable bonds is 4. The molecule has 0 atom stereocenters. The second-order valence-corrected chi connectivity index (χ2v) is 7.59. The lowest BCUT2D eigenvalue weighted by Crippen LogP contribution is -2.21. The van der Waals surface area contributed by atoms with Gasteiger partial charge in [-0.1, -0.05) is 6.07 Å². The van der Waals surface area contributed by atoms with E-state index in [9.17, 15) is 13.2 Å². The van der Waals surface area contributed by atoms with Gasteiger partial charge in [0.15, 0.2) is 0 Å². The molecule has 4 aromatic heterocycles. The summed E-state index contributed by atoms with van der Waals surface area (Å²) in [6.07, 6.45) is 3.78. The molecule has 1 aliphatic heterocycles. The van der Waals surface area contributed by atoms with E-state index in [4.69, 9.17) is 14.9 Å². The van der Waals surface area contributed by atoms with Crippen LogP contribution in [0.15, 0.2) is 55.1 Å². The summed E-state index contributed by atoms with van der Waals surface area (Å²) in [7, 11) is 1.98. The predicted molar refractivity (Wildman–Crippen MR) is 113 cm³/mol. The Labute approximate surface area is 186 Å². The summed E-state index contributed by atoms with van der Waals surface area (Å²) >= 11 is 0. The van der Waals surface area contributed by atoms with Crippen LogP contribution in [0.25, 0.3) is 16.9 Å². The second kappa shape index (κ2) is 9.02. The third-order valence-electron chi connectivity index (χ3n) is 5.34. The lowest BCUT2D eigenvalue weighted by atomic mass is 10.1. The molecule has 1 aliphatic rings. The zero-order valence-electron chi connectivity index (χ0n) is 17.7. The summed E-state index contributed by atoms with van der Waals surface area (Å²) in [6.45, 7) is 2.80. The van der Waals surface area contributed by atoms with E-state index in [1.165, 1.54) is 16.8 Å². The number of hydrogen-bond donors (Lipinski definition) is 1. The van der Waals surface area contributed by atoms with Crippen LogP contribution in [0.1, 0.15) is 17.0 Å². The van der Waals surface area contributed by atoms with Crippen molar-refractivity contribution >= 4 is 11.6 Å². The SMILES string of the molecule is Cn1nccc1-c1ccnc2c1CN(CCc1cn3ccccc3n1)C2.O=C(O)C(F)(F)F. The van der Waals surface area contributed by atoms with Crippen LogP contribution in [0.3, 0.4) is 0 Å². The van der Waals surface area contributed by atoms with Gasteiger partial charge in [0.05, 0.1) is 17.1 Å². The number of fused-ring (bicyclic) bond motifs is 2. The minimum absolute atomic E-state index is 0.897. The van der Waals surface area contributed by atoms with E-state index < -0.39 is 12.1 Å². The van der Waals surface area contributed by atoms with Crippen molar-refractivity contribution in [2.75, 3.05) is 6.54 Å². The number of halogens is 3. The van der Waals surface area contributed by atoms with Crippen LogP contribution in [0, 0.1) is 0 Å². The minimum atomic E-state index is -5.08. The Morgan fingerprint density at radius 2 is 1.94 bits per heavy atom. The summed E-state index contributed by atoms with van der Waals surface area (Å²) in [5.74, 6) is -2.76. The molecule has 0 unspecified atom stereocenters. The first-order valence-corrected chi connectivity index (χ1v) is 10.1. The monoisotopic (exact) mass is 458 g/mol. The van der Waals surface area contributed by atoms with Gasteiger partial charge < -0.3 is 9.51 Å². The molecule has 4 aromatic rings. The van der Waals surface area contributed by atoms with Crippen LogP contribution >= 0.6 is 0 Å². The number of carboxylic acid groups (broad SMARTS) is 1.